The summed E-state index contributed by atoms with van der Waals surface area (Å²) in [6, 6.07) is 0. The van der Waals surface area contributed by atoms with E-state index in [0.29, 0.717) is 0 Å². The van der Waals surface area contributed by atoms with Crippen molar-refractivity contribution in [3.8, 4) is 0 Å². The van der Waals surface area contributed by atoms with Crippen LogP contribution in [-0.2, 0) is 0 Å². The number of hydrogen-bond donors (Lipinski definition) is 1. The van der Waals surface area contributed by atoms with Crippen molar-refractivity contribution in [1.29, 1.82) is 0 Å². The van der Waals surface area contributed by atoms with Gasteiger partial charge in [-0.25, -0.2) is 0 Å². The molecule has 0 aromatic heterocycles. The average molecular weight is 285 g/mol. The van der Waals surface area contributed by atoms with Gasteiger partial charge >= 0.3 is 0 Å². The first-order valence-corrected chi connectivity index (χ1v) is 7.34. The standard InChI is InChI=1S/C13H23N3S2/c1-5-16(6-2)11-10(12(17)13(11)18)15(4)9-7-8-14-3/h14H,5-9H2,1-4H3. The molecule has 0 fully saturated rings. The zero-order valence-corrected chi connectivity index (χ0v) is 13.4. The third-order valence-electron chi connectivity index (χ3n) is 3.24. The minimum atomic E-state index is 0.860. The summed E-state index contributed by atoms with van der Waals surface area (Å²) in [5, 5.41) is 3.16. The van der Waals surface area contributed by atoms with Gasteiger partial charge in [0.25, 0.3) is 0 Å². The van der Waals surface area contributed by atoms with Crippen LogP contribution in [0.4, 0.5) is 11.4 Å². The first-order valence-electron chi connectivity index (χ1n) is 6.52. The van der Waals surface area contributed by atoms with E-state index in [1.165, 1.54) is 5.69 Å². The highest BCUT2D eigenvalue weighted by molar-refractivity contribution is 7.74. The van der Waals surface area contributed by atoms with Crippen molar-refractivity contribution in [1.82, 2.24) is 5.32 Å². The maximum absolute atomic E-state index is 5.39. The van der Waals surface area contributed by atoms with Gasteiger partial charge in [0.15, 0.2) is 0 Å². The molecule has 0 aliphatic carbocycles. The lowest BCUT2D eigenvalue weighted by Gasteiger charge is -2.32. The molecule has 0 aliphatic rings. The van der Waals surface area contributed by atoms with Crippen molar-refractivity contribution in [2.45, 2.75) is 20.3 Å². The van der Waals surface area contributed by atoms with E-state index in [1.807, 2.05) is 7.05 Å². The maximum Gasteiger partial charge on any atom is 0.0835 e. The number of nitrogens with one attached hydrogen (secondary N) is 1. The first-order chi connectivity index (χ1) is 8.58. The smallest absolute Gasteiger partial charge is 0.0835 e. The zero-order chi connectivity index (χ0) is 13.7. The van der Waals surface area contributed by atoms with Crippen molar-refractivity contribution < 1.29 is 0 Å². The highest BCUT2D eigenvalue weighted by Gasteiger charge is 2.21. The van der Waals surface area contributed by atoms with Gasteiger partial charge in [0.2, 0.25) is 0 Å². The molecule has 0 amide bonds. The Labute approximate surface area is 120 Å². The fourth-order valence-corrected chi connectivity index (χ4v) is 2.83. The second-order valence-corrected chi connectivity index (χ2v) is 5.22. The van der Waals surface area contributed by atoms with Crippen molar-refractivity contribution >= 4 is 35.8 Å². The second kappa shape index (κ2) is 7.16. The number of anilines is 2. The highest BCUT2D eigenvalue weighted by atomic mass is 32.1. The molecule has 0 aliphatic heterocycles. The third kappa shape index (κ3) is 3.08. The van der Waals surface area contributed by atoms with Crippen LogP contribution in [0.2, 0.25) is 0 Å². The molecular formula is C13H23N3S2. The van der Waals surface area contributed by atoms with Crippen molar-refractivity contribution in [3.63, 3.8) is 0 Å². The lowest BCUT2D eigenvalue weighted by atomic mass is 10.1. The van der Waals surface area contributed by atoms with E-state index in [0.717, 1.165) is 47.3 Å². The Morgan fingerprint density at radius 2 is 1.61 bits per heavy atom. The molecule has 1 aromatic carbocycles. The molecule has 0 bridgehead atoms. The van der Waals surface area contributed by atoms with Crippen LogP contribution in [0.15, 0.2) is 0 Å². The number of nitrogens with zero attached hydrogens (tertiary/aromatic N) is 2. The van der Waals surface area contributed by atoms with Crippen LogP contribution in [-0.4, -0.2) is 40.3 Å². The first kappa shape index (κ1) is 15.5. The van der Waals surface area contributed by atoms with Crippen LogP contribution in [0.25, 0.3) is 0 Å². The van der Waals surface area contributed by atoms with Gasteiger partial charge in [-0.05, 0) is 33.9 Å². The third-order valence-corrected chi connectivity index (χ3v) is 4.17. The van der Waals surface area contributed by atoms with E-state index in [9.17, 15) is 0 Å². The summed E-state index contributed by atoms with van der Waals surface area (Å²) in [4.78, 5) is 4.53. The Morgan fingerprint density at radius 3 is 2.11 bits per heavy atom. The van der Waals surface area contributed by atoms with E-state index in [1.54, 1.807) is 0 Å². The quantitative estimate of drug-likeness (QED) is 0.583. The summed E-state index contributed by atoms with van der Waals surface area (Å²) in [5.74, 6) is 0. The Balaban J connectivity index is 2.86. The van der Waals surface area contributed by atoms with Gasteiger partial charge in [-0.2, -0.15) is 0 Å². The van der Waals surface area contributed by atoms with Gasteiger partial charge in [-0.3, -0.25) is 0 Å². The van der Waals surface area contributed by atoms with Crippen LogP contribution in [0.5, 0.6) is 0 Å². The van der Waals surface area contributed by atoms with E-state index in [4.69, 9.17) is 24.4 Å². The minimum Gasteiger partial charge on any atom is -0.372 e. The monoisotopic (exact) mass is 285 g/mol. The van der Waals surface area contributed by atoms with E-state index < -0.39 is 0 Å². The molecule has 0 heterocycles. The van der Waals surface area contributed by atoms with Crippen molar-refractivity contribution in [2.75, 3.05) is 50.1 Å². The van der Waals surface area contributed by atoms with Crippen LogP contribution in [0.1, 0.15) is 20.3 Å². The molecular weight excluding hydrogens is 262 g/mol. The van der Waals surface area contributed by atoms with E-state index >= 15 is 0 Å². The lowest BCUT2D eigenvalue weighted by Crippen LogP contribution is -2.30. The molecule has 5 heteroatoms. The predicted molar refractivity (Wildman–Crippen MR) is 85.9 cm³/mol. The molecule has 102 valence electrons. The fourth-order valence-electron chi connectivity index (χ4n) is 2.16. The molecule has 0 saturated carbocycles. The second-order valence-electron chi connectivity index (χ2n) is 4.41. The summed E-state index contributed by atoms with van der Waals surface area (Å²) in [7, 11) is 4.08. The predicted octanol–water partition coefficient (Wildman–Crippen LogP) is 2.91. The van der Waals surface area contributed by atoms with Crippen LogP contribution in [0, 0.1) is 9.02 Å². The SMILES string of the molecule is CCN(CC)c1c(N(C)CCCNC)c(=S)c1=S. The lowest BCUT2D eigenvalue weighted by molar-refractivity contribution is 0.710. The molecule has 18 heavy (non-hydrogen) atoms. The van der Waals surface area contributed by atoms with Gasteiger partial charge in [0.05, 0.1) is 20.4 Å². The topological polar surface area (TPSA) is 18.5 Å². The molecule has 0 atom stereocenters. The van der Waals surface area contributed by atoms with Crippen LogP contribution < -0.4 is 15.1 Å². The normalized spacial score (nSPS) is 10.9. The van der Waals surface area contributed by atoms with E-state index in [-0.39, 0.29) is 0 Å². The van der Waals surface area contributed by atoms with Gasteiger partial charge in [0.1, 0.15) is 0 Å². The summed E-state index contributed by atoms with van der Waals surface area (Å²) in [6.45, 7) is 8.28. The van der Waals surface area contributed by atoms with Crippen LogP contribution in [0.3, 0.4) is 0 Å². The zero-order valence-electron chi connectivity index (χ0n) is 11.7. The highest BCUT2D eigenvalue weighted by Crippen LogP contribution is 2.38. The molecule has 0 spiro atoms. The molecule has 3 nitrogen and oxygen atoms in total. The van der Waals surface area contributed by atoms with Gasteiger partial charge < -0.3 is 15.1 Å². The molecule has 0 radical (unpaired) electrons. The average Bonchev–Trinajstić information content (AvgIpc) is 2.38. The Hall–Kier alpha value is -0.520. The Morgan fingerprint density at radius 1 is 1.06 bits per heavy atom. The molecule has 1 rings (SSSR count). The number of rotatable bonds is 8. The fraction of sp³-hybridized carbons (Fsp3) is 0.692. The molecule has 0 saturated heterocycles. The Bertz CT molecular complexity index is 445. The summed E-state index contributed by atoms with van der Waals surface area (Å²) < 4.78 is 1.73. The summed E-state index contributed by atoms with van der Waals surface area (Å²) >= 11 is 10.8. The maximum atomic E-state index is 5.39. The summed E-state index contributed by atoms with van der Waals surface area (Å²) in [5.41, 5.74) is 2.33. The Kier molecular flexibility index (Phi) is 6.18. The molecule has 0 unspecified atom stereocenters. The molecule has 1 N–H and O–H groups in total. The van der Waals surface area contributed by atoms with Gasteiger partial charge in [-0.1, -0.05) is 24.4 Å². The van der Waals surface area contributed by atoms with Gasteiger partial charge in [-0.15, -0.1) is 0 Å². The molecule has 1 aromatic rings. The number of hydrogen-bond acceptors (Lipinski definition) is 5. The van der Waals surface area contributed by atoms with E-state index in [2.05, 4.69) is 36.0 Å². The summed E-state index contributed by atoms with van der Waals surface area (Å²) in [6.07, 6.45) is 1.11. The van der Waals surface area contributed by atoms with Crippen molar-refractivity contribution in [2.24, 2.45) is 0 Å². The largest absolute Gasteiger partial charge is 0.372 e. The minimum absolute atomic E-state index is 0.860. The van der Waals surface area contributed by atoms with Crippen LogP contribution >= 0.6 is 24.4 Å². The van der Waals surface area contributed by atoms with Crippen molar-refractivity contribution in [3.05, 3.63) is 9.02 Å². The van der Waals surface area contributed by atoms with Gasteiger partial charge in [0, 0.05) is 26.7 Å².